The van der Waals surface area contributed by atoms with Crippen molar-refractivity contribution in [3.05, 3.63) is 0 Å². The van der Waals surface area contributed by atoms with E-state index in [2.05, 4.69) is 41.5 Å². The van der Waals surface area contributed by atoms with Crippen molar-refractivity contribution < 1.29 is 80.2 Å². The molecule has 2 unspecified atom stereocenters. The molecule has 0 spiro atoms. The van der Waals surface area contributed by atoms with Crippen LogP contribution in [-0.2, 0) is 65.4 Å². The van der Waals surface area contributed by atoms with Crippen LogP contribution in [0, 0.1) is 11.8 Å². The summed E-state index contributed by atoms with van der Waals surface area (Å²) >= 11 is 0. The normalized spacial score (nSPS) is 13.8. The summed E-state index contributed by atoms with van der Waals surface area (Å²) < 4.78 is 68.9. The summed E-state index contributed by atoms with van der Waals surface area (Å²) in [5.41, 5.74) is 0. The van der Waals surface area contributed by atoms with Gasteiger partial charge >= 0.3 is 39.5 Å². The second-order valence-corrected chi connectivity index (χ2v) is 35.1. The van der Waals surface area contributed by atoms with Crippen LogP contribution in [0.5, 0.6) is 0 Å². The summed E-state index contributed by atoms with van der Waals surface area (Å²) in [5.74, 6) is -0.615. The minimum Gasteiger partial charge on any atom is -0.462 e. The van der Waals surface area contributed by atoms with E-state index in [1.54, 1.807) is 0 Å². The smallest absolute Gasteiger partial charge is 0.462 e. The molecule has 0 aromatic heterocycles. The van der Waals surface area contributed by atoms with E-state index in [1.807, 2.05) is 0 Å². The van der Waals surface area contributed by atoms with Crippen molar-refractivity contribution in [1.29, 1.82) is 0 Å². The van der Waals surface area contributed by atoms with Gasteiger partial charge in [0.05, 0.1) is 26.4 Å². The summed E-state index contributed by atoms with van der Waals surface area (Å²) in [5, 5.41) is 10.7. The third-order valence-corrected chi connectivity index (χ3v) is 22.4. The molecule has 3 N–H and O–H groups in total. The summed E-state index contributed by atoms with van der Waals surface area (Å²) in [4.78, 5) is 73.2. The van der Waals surface area contributed by atoms with Crippen LogP contribution in [0.1, 0.15) is 465 Å². The average molecular weight is 1550 g/mol. The number of hydrogen-bond acceptors (Lipinski definition) is 15. The fourth-order valence-corrected chi connectivity index (χ4v) is 15.2. The molecule has 0 aromatic carbocycles. The van der Waals surface area contributed by atoms with Gasteiger partial charge in [-0.15, -0.1) is 0 Å². The van der Waals surface area contributed by atoms with E-state index in [-0.39, 0.29) is 25.7 Å². The van der Waals surface area contributed by atoms with Gasteiger partial charge in [0.1, 0.15) is 19.3 Å². The fourth-order valence-electron chi connectivity index (χ4n) is 13.6. The zero-order chi connectivity index (χ0) is 77.8. The Morgan fingerprint density at radius 1 is 0.255 bits per heavy atom. The molecule has 0 amide bonds. The maximum Gasteiger partial charge on any atom is 0.472 e. The van der Waals surface area contributed by atoms with Gasteiger partial charge in [-0.2, -0.15) is 0 Å². The number of rotatable bonds is 86. The van der Waals surface area contributed by atoms with Crippen LogP contribution in [0.15, 0.2) is 0 Å². The monoisotopic (exact) mass is 1550 g/mol. The SMILES string of the molecule is CCCCCCCCCCCCCCCCCCCCCC(=O)OC[C@H](COP(=O)(O)OC[C@@H](O)COP(=O)(O)OC[C@@H](COC(=O)CCCCCCCCC(C)C)OC(=O)CCCCCCCCCCCCCCCCCCCCC)OC(=O)CCCCCCCCCCCCCCCCCCC(C)C. The molecular formula is C87H170O17P2. The minimum absolute atomic E-state index is 0.108. The first-order valence-corrected chi connectivity index (χ1v) is 48.0. The van der Waals surface area contributed by atoms with Crippen molar-refractivity contribution >= 4 is 39.5 Å². The molecule has 0 bridgehead atoms. The van der Waals surface area contributed by atoms with Gasteiger partial charge in [0.2, 0.25) is 0 Å². The number of carbonyl (C=O) groups excluding carboxylic acids is 4. The largest absolute Gasteiger partial charge is 0.472 e. The second kappa shape index (κ2) is 78.3. The first kappa shape index (κ1) is 104. The number of phosphoric ester groups is 2. The van der Waals surface area contributed by atoms with Gasteiger partial charge < -0.3 is 33.8 Å². The molecule has 0 saturated carbocycles. The molecule has 0 heterocycles. The lowest BCUT2D eigenvalue weighted by molar-refractivity contribution is -0.161. The molecule has 0 radical (unpaired) electrons. The lowest BCUT2D eigenvalue weighted by Crippen LogP contribution is -2.30. The van der Waals surface area contributed by atoms with Crippen molar-refractivity contribution in [1.82, 2.24) is 0 Å². The Labute approximate surface area is 651 Å². The zero-order valence-corrected chi connectivity index (χ0v) is 71.5. The summed E-state index contributed by atoms with van der Waals surface area (Å²) in [6.45, 7) is 9.63. The fraction of sp³-hybridized carbons (Fsp3) is 0.954. The van der Waals surface area contributed by atoms with Crippen LogP contribution in [0.25, 0.3) is 0 Å². The van der Waals surface area contributed by atoms with E-state index in [0.29, 0.717) is 31.6 Å². The van der Waals surface area contributed by atoms with Gasteiger partial charge in [0.15, 0.2) is 12.2 Å². The standard InChI is InChI=1S/C87H170O17P2/c1-7-9-11-13-15-17-19-21-23-25-27-29-34-38-42-46-50-57-63-69-84(89)97-75-82(103-86(91)71-65-60-52-48-44-40-36-32-31-33-37-41-45-49-55-61-67-79(3)4)77-101-105(93,94)99-73-81(88)74-100-106(95,96)102-78-83(76-98-85(90)70-64-58-54-53-56-62-68-80(5)6)104-87(92)72-66-59-51-47-43-39-35-30-28-26-24-22-20-18-16-14-12-10-8-2/h79-83,88H,7-78H2,1-6H3,(H,93,94)(H,95,96)/t81-,82-,83-/m1/s1. The number of aliphatic hydroxyl groups excluding tert-OH is 1. The van der Waals surface area contributed by atoms with E-state index in [4.69, 9.17) is 37.0 Å². The van der Waals surface area contributed by atoms with Gasteiger partial charge in [-0.1, -0.05) is 414 Å². The first-order valence-electron chi connectivity index (χ1n) is 45.0. The molecule has 0 aliphatic carbocycles. The highest BCUT2D eigenvalue weighted by atomic mass is 31.2. The number of carbonyl (C=O) groups is 4. The van der Waals surface area contributed by atoms with E-state index in [9.17, 15) is 43.2 Å². The second-order valence-electron chi connectivity index (χ2n) is 32.2. The summed E-state index contributed by atoms with van der Waals surface area (Å²) in [7, 11) is -9.93. The predicted molar refractivity (Wildman–Crippen MR) is 437 cm³/mol. The molecule has 0 saturated heterocycles. The molecule has 17 nitrogen and oxygen atoms in total. The van der Waals surface area contributed by atoms with E-state index >= 15 is 0 Å². The lowest BCUT2D eigenvalue weighted by Gasteiger charge is -2.21. The molecule has 19 heteroatoms. The molecule has 106 heavy (non-hydrogen) atoms. The number of aliphatic hydroxyl groups is 1. The Balaban J connectivity index is 5.20. The molecule has 0 aliphatic heterocycles. The zero-order valence-electron chi connectivity index (χ0n) is 69.7. The van der Waals surface area contributed by atoms with Crippen LogP contribution in [-0.4, -0.2) is 96.7 Å². The van der Waals surface area contributed by atoms with Crippen LogP contribution < -0.4 is 0 Å². The van der Waals surface area contributed by atoms with Crippen molar-refractivity contribution in [2.75, 3.05) is 39.6 Å². The van der Waals surface area contributed by atoms with Gasteiger partial charge in [-0.25, -0.2) is 9.13 Å². The molecular weight excluding hydrogens is 1380 g/mol. The Hall–Kier alpha value is -1.94. The van der Waals surface area contributed by atoms with Crippen LogP contribution in [0.4, 0.5) is 0 Å². The minimum atomic E-state index is -4.97. The average Bonchev–Trinajstić information content (AvgIpc) is 0.924. The van der Waals surface area contributed by atoms with Crippen LogP contribution >= 0.6 is 15.6 Å². The van der Waals surface area contributed by atoms with Gasteiger partial charge in [-0.3, -0.25) is 37.3 Å². The number of hydrogen-bond donors (Lipinski definition) is 3. The van der Waals surface area contributed by atoms with Crippen molar-refractivity contribution in [2.24, 2.45) is 11.8 Å². The van der Waals surface area contributed by atoms with Crippen LogP contribution in [0.3, 0.4) is 0 Å². The molecule has 0 rings (SSSR count). The highest BCUT2D eigenvalue weighted by molar-refractivity contribution is 7.47. The number of ether oxygens (including phenoxy) is 4. The quantitative estimate of drug-likeness (QED) is 0.0222. The number of phosphoric acid groups is 2. The van der Waals surface area contributed by atoms with Crippen LogP contribution in [0.2, 0.25) is 0 Å². The Kier molecular flexibility index (Phi) is 76.9. The maximum atomic E-state index is 13.1. The highest BCUT2D eigenvalue weighted by Crippen LogP contribution is 2.45. The Morgan fingerprint density at radius 3 is 0.642 bits per heavy atom. The van der Waals surface area contributed by atoms with E-state index in [0.717, 1.165) is 102 Å². The Bertz CT molecular complexity index is 2030. The Morgan fingerprint density at radius 2 is 0.434 bits per heavy atom. The maximum absolute atomic E-state index is 13.1. The van der Waals surface area contributed by atoms with Crippen molar-refractivity contribution in [3.8, 4) is 0 Å². The highest BCUT2D eigenvalue weighted by Gasteiger charge is 2.30. The van der Waals surface area contributed by atoms with Crippen molar-refractivity contribution in [2.45, 2.75) is 484 Å². The predicted octanol–water partition coefficient (Wildman–Crippen LogP) is 26.6. The number of esters is 4. The molecule has 0 aliphatic rings. The summed E-state index contributed by atoms with van der Waals surface area (Å²) in [6, 6.07) is 0. The van der Waals surface area contributed by atoms with Crippen molar-refractivity contribution in [3.63, 3.8) is 0 Å². The van der Waals surface area contributed by atoms with E-state index in [1.165, 1.54) is 276 Å². The molecule has 0 fully saturated rings. The number of unbranched alkanes of at least 4 members (excludes halogenated alkanes) is 56. The van der Waals surface area contributed by atoms with Gasteiger partial charge in [0, 0.05) is 25.7 Å². The molecule has 5 atom stereocenters. The third-order valence-electron chi connectivity index (χ3n) is 20.5. The first-order chi connectivity index (χ1) is 51.4. The lowest BCUT2D eigenvalue weighted by atomic mass is 10.0. The molecule has 0 aromatic rings. The van der Waals surface area contributed by atoms with Gasteiger partial charge in [-0.05, 0) is 37.5 Å². The summed E-state index contributed by atoms with van der Waals surface area (Å²) in [6.07, 6.45) is 71.1. The van der Waals surface area contributed by atoms with E-state index < -0.39 is 97.5 Å². The van der Waals surface area contributed by atoms with Gasteiger partial charge in [0.25, 0.3) is 0 Å². The topological polar surface area (TPSA) is 237 Å². The third kappa shape index (κ3) is 80.1. The molecule has 630 valence electrons.